The van der Waals surface area contributed by atoms with Gasteiger partial charge in [0.2, 0.25) is 0 Å². The highest BCUT2D eigenvalue weighted by molar-refractivity contribution is 7.67. The topological polar surface area (TPSA) is 0 Å². The Morgan fingerprint density at radius 3 is 0.850 bits per heavy atom. The van der Waals surface area contributed by atoms with E-state index in [-0.39, 0.29) is 15.8 Å². The standard InChI is InChI=1S/C18H32P2/c1-13(2)19(14(3)4)17-9-11-18(12-10-17)20(15(5)6)16(7)8/h9-16H,1-8H3. The number of rotatable bonds is 6. The van der Waals surface area contributed by atoms with Gasteiger partial charge in [-0.3, -0.25) is 0 Å². The Morgan fingerprint density at radius 1 is 0.500 bits per heavy atom. The third-order valence-corrected chi connectivity index (χ3v) is 9.91. The highest BCUT2D eigenvalue weighted by Crippen LogP contribution is 2.47. The van der Waals surface area contributed by atoms with E-state index in [4.69, 9.17) is 0 Å². The summed E-state index contributed by atoms with van der Waals surface area (Å²) in [6, 6.07) is 9.67. The van der Waals surface area contributed by atoms with Crippen LogP contribution in [0, 0.1) is 0 Å². The Hall–Kier alpha value is 0.0800. The zero-order chi connectivity index (χ0) is 15.4. The van der Waals surface area contributed by atoms with Crippen molar-refractivity contribution in [1.82, 2.24) is 0 Å². The molecule has 1 rings (SSSR count). The highest BCUT2D eigenvalue weighted by Gasteiger charge is 2.21. The molecule has 0 heterocycles. The normalized spacial score (nSPS) is 12.7. The lowest BCUT2D eigenvalue weighted by Gasteiger charge is -2.29. The fourth-order valence-electron chi connectivity index (χ4n) is 3.18. The van der Waals surface area contributed by atoms with E-state index in [1.165, 1.54) is 0 Å². The molecule has 0 unspecified atom stereocenters. The second kappa shape index (κ2) is 7.91. The summed E-state index contributed by atoms with van der Waals surface area (Å²) < 4.78 is 0. The Labute approximate surface area is 129 Å². The molecule has 0 aliphatic heterocycles. The molecule has 0 N–H and O–H groups in total. The molecular weight excluding hydrogens is 278 g/mol. The maximum atomic E-state index is 2.42. The average molecular weight is 310 g/mol. The molecule has 0 saturated heterocycles. The van der Waals surface area contributed by atoms with Gasteiger partial charge in [-0.25, -0.2) is 0 Å². The maximum absolute atomic E-state index is 2.42. The van der Waals surface area contributed by atoms with Crippen LogP contribution in [0.25, 0.3) is 0 Å². The molecule has 0 fully saturated rings. The van der Waals surface area contributed by atoms with Crippen LogP contribution in [-0.2, 0) is 0 Å². The summed E-state index contributed by atoms with van der Waals surface area (Å²) in [4.78, 5) is 0. The second-order valence-electron chi connectivity index (χ2n) is 6.71. The summed E-state index contributed by atoms with van der Waals surface area (Å²) in [6.45, 7) is 19.0. The van der Waals surface area contributed by atoms with E-state index in [9.17, 15) is 0 Å². The van der Waals surface area contributed by atoms with Gasteiger partial charge in [-0.2, -0.15) is 0 Å². The van der Waals surface area contributed by atoms with E-state index in [1.54, 1.807) is 10.6 Å². The molecule has 1 aromatic carbocycles. The van der Waals surface area contributed by atoms with E-state index in [0.29, 0.717) is 0 Å². The van der Waals surface area contributed by atoms with Crippen LogP contribution in [-0.4, -0.2) is 22.6 Å². The predicted octanol–water partition coefficient (Wildman–Crippen LogP) is 5.53. The summed E-state index contributed by atoms with van der Waals surface area (Å²) in [5.74, 6) is 0. The third kappa shape index (κ3) is 4.54. The van der Waals surface area contributed by atoms with Gasteiger partial charge in [-0.1, -0.05) is 95.5 Å². The van der Waals surface area contributed by atoms with E-state index in [0.717, 1.165) is 22.6 Å². The first kappa shape index (κ1) is 18.1. The molecule has 0 radical (unpaired) electrons. The van der Waals surface area contributed by atoms with Crippen molar-refractivity contribution in [2.24, 2.45) is 0 Å². The minimum atomic E-state index is -0.0289. The van der Waals surface area contributed by atoms with Crippen LogP contribution < -0.4 is 10.6 Å². The molecule has 114 valence electrons. The molecule has 0 amide bonds. The molecule has 0 atom stereocenters. The molecule has 2 heteroatoms. The van der Waals surface area contributed by atoms with Crippen molar-refractivity contribution in [3.63, 3.8) is 0 Å². The summed E-state index contributed by atoms with van der Waals surface area (Å²) in [7, 11) is -0.0578. The van der Waals surface area contributed by atoms with Crippen molar-refractivity contribution in [3.8, 4) is 0 Å². The van der Waals surface area contributed by atoms with Gasteiger partial charge in [-0.05, 0) is 33.2 Å². The third-order valence-electron chi connectivity index (χ3n) is 3.67. The minimum absolute atomic E-state index is 0.0289. The number of hydrogen-bond acceptors (Lipinski definition) is 0. The van der Waals surface area contributed by atoms with Crippen LogP contribution in [0.15, 0.2) is 24.3 Å². The number of hydrogen-bond donors (Lipinski definition) is 0. The van der Waals surface area contributed by atoms with E-state index >= 15 is 0 Å². The van der Waals surface area contributed by atoms with Crippen molar-refractivity contribution in [3.05, 3.63) is 24.3 Å². The first-order valence-electron chi connectivity index (χ1n) is 7.92. The van der Waals surface area contributed by atoms with Gasteiger partial charge < -0.3 is 0 Å². The zero-order valence-electron chi connectivity index (χ0n) is 14.5. The van der Waals surface area contributed by atoms with Gasteiger partial charge in [0.25, 0.3) is 0 Å². The smallest absolute Gasteiger partial charge is 0.0223 e. The average Bonchev–Trinajstić information content (AvgIpc) is 2.29. The summed E-state index contributed by atoms with van der Waals surface area (Å²) >= 11 is 0. The maximum Gasteiger partial charge on any atom is -0.0223 e. The fraction of sp³-hybridized carbons (Fsp3) is 0.667. The Balaban J connectivity index is 3.03. The van der Waals surface area contributed by atoms with Gasteiger partial charge in [0, 0.05) is 0 Å². The molecule has 0 saturated carbocycles. The molecule has 0 aliphatic carbocycles. The highest BCUT2D eigenvalue weighted by atomic mass is 31.1. The quantitative estimate of drug-likeness (QED) is 0.606. The van der Waals surface area contributed by atoms with Gasteiger partial charge >= 0.3 is 0 Å². The molecule has 0 bridgehead atoms. The van der Waals surface area contributed by atoms with Crippen molar-refractivity contribution in [2.75, 3.05) is 0 Å². The van der Waals surface area contributed by atoms with Crippen LogP contribution in [0.2, 0.25) is 0 Å². The van der Waals surface area contributed by atoms with Crippen molar-refractivity contribution >= 4 is 26.5 Å². The van der Waals surface area contributed by atoms with Crippen LogP contribution in [0.5, 0.6) is 0 Å². The Kier molecular flexibility index (Phi) is 7.17. The van der Waals surface area contributed by atoms with Gasteiger partial charge in [0.1, 0.15) is 0 Å². The largest absolute Gasteiger partial charge is 0.0701 e. The lowest BCUT2D eigenvalue weighted by atomic mass is 10.4. The zero-order valence-corrected chi connectivity index (χ0v) is 16.3. The van der Waals surface area contributed by atoms with Crippen LogP contribution in [0.1, 0.15) is 55.4 Å². The van der Waals surface area contributed by atoms with E-state index in [1.807, 2.05) is 0 Å². The number of benzene rings is 1. The van der Waals surface area contributed by atoms with Gasteiger partial charge in [0.05, 0.1) is 0 Å². The predicted molar refractivity (Wildman–Crippen MR) is 100 cm³/mol. The molecule has 1 aromatic rings. The SMILES string of the molecule is CC(C)P(c1ccc(P(C(C)C)C(C)C)cc1)C(C)C. The first-order chi connectivity index (χ1) is 9.25. The van der Waals surface area contributed by atoms with Crippen molar-refractivity contribution in [1.29, 1.82) is 0 Å². The fourth-order valence-corrected chi connectivity index (χ4v) is 8.94. The molecule has 20 heavy (non-hydrogen) atoms. The Morgan fingerprint density at radius 2 is 0.700 bits per heavy atom. The second-order valence-corrected chi connectivity index (χ2v) is 13.5. The van der Waals surface area contributed by atoms with Gasteiger partial charge in [0.15, 0.2) is 0 Å². The van der Waals surface area contributed by atoms with E-state index < -0.39 is 0 Å². The lowest BCUT2D eigenvalue weighted by Crippen LogP contribution is -2.19. The van der Waals surface area contributed by atoms with Crippen LogP contribution in [0.3, 0.4) is 0 Å². The van der Waals surface area contributed by atoms with Crippen molar-refractivity contribution < 1.29 is 0 Å². The molecule has 0 aliphatic rings. The monoisotopic (exact) mass is 310 g/mol. The molecule has 0 nitrogen and oxygen atoms in total. The van der Waals surface area contributed by atoms with E-state index in [2.05, 4.69) is 79.7 Å². The molecule has 0 aromatic heterocycles. The summed E-state index contributed by atoms with van der Waals surface area (Å²) in [6.07, 6.45) is 0. The molecular formula is C18H32P2. The summed E-state index contributed by atoms with van der Waals surface area (Å²) in [5.41, 5.74) is 3.08. The van der Waals surface area contributed by atoms with Crippen LogP contribution in [0.4, 0.5) is 0 Å². The molecule has 0 spiro atoms. The Bertz CT molecular complexity index is 335. The van der Waals surface area contributed by atoms with Crippen molar-refractivity contribution in [2.45, 2.75) is 78.0 Å². The first-order valence-corrected chi connectivity index (χ1v) is 10.9. The lowest BCUT2D eigenvalue weighted by molar-refractivity contribution is 1.02. The minimum Gasteiger partial charge on any atom is -0.0701 e. The summed E-state index contributed by atoms with van der Waals surface area (Å²) in [5, 5.41) is 3.16. The van der Waals surface area contributed by atoms with Gasteiger partial charge in [-0.15, -0.1) is 0 Å². The van der Waals surface area contributed by atoms with Crippen LogP contribution >= 0.6 is 15.8 Å².